The number of rotatable bonds is 4. The minimum atomic E-state index is -0.640. The average molecular weight is 241 g/mol. The molecule has 0 fully saturated rings. The zero-order chi connectivity index (χ0) is 13.0. The number of Topliss-reactive ketones (excluding diaryl/α,β-unsaturated/α-hetero) is 1. The summed E-state index contributed by atoms with van der Waals surface area (Å²) in [6.45, 7) is 0. The summed E-state index contributed by atoms with van der Waals surface area (Å²) in [6, 6.07) is 15.6. The molecule has 2 aromatic carbocycles. The predicted molar refractivity (Wildman–Crippen MR) is 70.7 cm³/mol. The molecule has 18 heavy (non-hydrogen) atoms. The summed E-state index contributed by atoms with van der Waals surface area (Å²) in [7, 11) is 1.60. The molecule has 1 atom stereocenters. The molecule has 0 spiro atoms. The zero-order valence-electron chi connectivity index (χ0n) is 10.2. The van der Waals surface area contributed by atoms with Gasteiger partial charge < -0.3 is 10.5 Å². The van der Waals surface area contributed by atoms with Gasteiger partial charge in [0.25, 0.3) is 0 Å². The summed E-state index contributed by atoms with van der Waals surface area (Å²) in [5, 5.41) is 0. The summed E-state index contributed by atoms with van der Waals surface area (Å²) < 4.78 is 5.07. The van der Waals surface area contributed by atoms with E-state index >= 15 is 0 Å². The van der Waals surface area contributed by atoms with Gasteiger partial charge in [-0.1, -0.05) is 42.5 Å². The van der Waals surface area contributed by atoms with E-state index in [1.54, 1.807) is 31.4 Å². The standard InChI is InChI=1S/C15H15NO2/c1-18-13-9-7-11(8-10-13)14(16)15(17)12-5-3-2-4-6-12/h2-10,14H,16H2,1H3. The van der Waals surface area contributed by atoms with Crippen molar-refractivity contribution in [1.29, 1.82) is 0 Å². The normalized spacial score (nSPS) is 11.9. The number of methoxy groups -OCH3 is 1. The highest BCUT2D eigenvalue weighted by Crippen LogP contribution is 2.19. The van der Waals surface area contributed by atoms with Gasteiger partial charge in [0, 0.05) is 5.56 Å². The third-order valence-electron chi connectivity index (χ3n) is 2.82. The highest BCUT2D eigenvalue weighted by molar-refractivity contribution is 6.00. The van der Waals surface area contributed by atoms with E-state index in [2.05, 4.69) is 0 Å². The molecule has 92 valence electrons. The molecule has 0 amide bonds. The van der Waals surface area contributed by atoms with Crippen molar-refractivity contribution in [3.63, 3.8) is 0 Å². The smallest absolute Gasteiger partial charge is 0.184 e. The molecule has 2 rings (SSSR count). The van der Waals surface area contributed by atoms with Crippen molar-refractivity contribution in [2.45, 2.75) is 6.04 Å². The minimum Gasteiger partial charge on any atom is -0.497 e. The van der Waals surface area contributed by atoms with Gasteiger partial charge in [-0.05, 0) is 17.7 Å². The first-order chi connectivity index (χ1) is 8.72. The number of ketones is 1. The number of hydrogen-bond donors (Lipinski definition) is 1. The van der Waals surface area contributed by atoms with Crippen molar-refractivity contribution in [2.75, 3.05) is 7.11 Å². The van der Waals surface area contributed by atoms with Crippen LogP contribution in [0.4, 0.5) is 0 Å². The third kappa shape index (κ3) is 2.57. The summed E-state index contributed by atoms with van der Waals surface area (Å²) in [6.07, 6.45) is 0. The largest absolute Gasteiger partial charge is 0.497 e. The lowest BCUT2D eigenvalue weighted by atomic mass is 9.98. The Morgan fingerprint density at radius 1 is 1.06 bits per heavy atom. The number of carbonyl (C=O) groups excluding carboxylic acids is 1. The topological polar surface area (TPSA) is 52.3 Å². The first-order valence-corrected chi connectivity index (χ1v) is 5.71. The molecule has 3 heteroatoms. The van der Waals surface area contributed by atoms with Crippen LogP contribution in [-0.4, -0.2) is 12.9 Å². The maximum Gasteiger partial charge on any atom is 0.184 e. The van der Waals surface area contributed by atoms with Crippen molar-refractivity contribution in [3.05, 3.63) is 65.7 Å². The highest BCUT2D eigenvalue weighted by Gasteiger charge is 2.17. The summed E-state index contributed by atoms with van der Waals surface area (Å²) in [5.74, 6) is 0.666. The molecule has 0 heterocycles. The van der Waals surface area contributed by atoms with Crippen molar-refractivity contribution < 1.29 is 9.53 Å². The van der Waals surface area contributed by atoms with E-state index in [-0.39, 0.29) is 5.78 Å². The second-order valence-corrected chi connectivity index (χ2v) is 3.98. The molecule has 3 nitrogen and oxygen atoms in total. The molecule has 0 saturated carbocycles. The summed E-state index contributed by atoms with van der Waals surface area (Å²) >= 11 is 0. The van der Waals surface area contributed by atoms with Crippen LogP contribution in [0, 0.1) is 0 Å². The van der Waals surface area contributed by atoms with Crippen molar-refractivity contribution in [2.24, 2.45) is 5.73 Å². The Hall–Kier alpha value is -2.13. The van der Waals surface area contributed by atoms with Crippen LogP contribution in [0.15, 0.2) is 54.6 Å². The molecular formula is C15H15NO2. The van der Waals surface area contributed by atoms with Crippen LogP contribution in [0.3, 0.4) is 0 Å². The summed E-state index contributed by atoms with van der Waals surface area (Å²) in [5.41, 5.74) is 7.38. The molecule has 2 aromatic rings. The van der Waals surface area contributed by atoms with Crippen LogP contribution in [-0.2, 0) is 0 Å². The quantitative estimate of drug-likeness (QED) is 0.837. The number of nitrogens with two attached hydrogens (primary N) is 1. The molecule has 0 saturated heterocycles. The number of ether oxygens (including phenoxy) is 1. The molecule has 1 unspecified atom stereocenters. The Bertz CT molecular complexity index is 520. The molecule has 0 aromatic heterocycles. The number of benzene rings is 2. The van der Waals surface area contributed by atoms with Gasteiger partial charge in [0.1, 0.15) is 5.75 Å². The first kappa shape index (κ1) is 12.3. The van der Waals surface area contributed by atoms with Crippen molar-refractivity contribution in [3.8, 4) is 5.75 Å². The Balaban J connectivity index is 2.20. The maximum absolute atomic E-state index is 12.1. The lowest BCUT2D eigenvalue weighted by molar-refractivity contribution is 0.0961. The maximum atomic E-state index is 12.1. The van der Waals surface area contributed by atoms with Gasteiger partial charge >= 0.3 is 0 Å². The van der Waals surface area contributed by atoms with Gasteiger partial charge in [0.15, 0.2) is 5.78 Å². The van der Waals surface area contributed by atoms with E-state index < -0.39 is 6.04 Å². The van der Waals surface area contributed by atoms with E-state index in [9.17, 15) is 4.79 Å². The van der Waals surface area contributed by atoms with Crippen molar-refractivity contribution in [1.82, 2.24) is 0 Å². The van der Waals surface area contributed by atoms with E-state index in [1.165, 1.54) is 0 Å². The van der Waals surface area contributed by atoms with Gasteiger partial charge in [0.2, 0.25) is 0 Å². The Labute approximate surface area is 106 Å². The molecule has 0 aliphatic rings. The first-order valence-electron chi connectivity index (χ1n) is 5.71. The van der Waals surface area contributed by atoms with Crippen LogP contribution in [0.2, 0.25) is 0 Å². The van der Waals surface area contributed by atoms with E-state index in [0.29, 0.717) is 5.56 Å². The van der Waals surface area contributed by atoms with Crippen LogP contribution < -0.4 is 10.5 Å². The fraction of sp³-hybridized carbons (Fsp3) is 0.133. The SMILES string of the molecule is COc1ccc(C(N)C(=O)c2ccccc2)cc1. The molecule has 0 bridgehead atoms. The van der Waals surface area contributed by atoms with E-state index in [0.717, 1.165) is 11.3 Å². The van der Waals surface area contributed by atoms with Gasteiger partial charge in [0.05, 0.1) is 13.2 Å². The average Bonchev–Trinajstić information content (AvgIpc) is 2.47. The molecule has 0 aliphatic heterocycles. The molecule has 2 N–H and O–H groups in total. The minimum absolute atomic E-state index is 0.0826. The third-order valence-corrected chi connectivity index (χ3v) is 2.82. The lowest BCUT2D eigenvalue weighted by Crippen LogP contribution is -2.21. The van der Waals surface area contributed by atoms with Crippen LogP contribution in [0.5, 0.6) is 5.75 Å². The lowest BCUT2D eigenvalue weighted by Gasteiger charge is -2.11. The Morgan fingerprint density at radius 2 is 1.67 bits per heavy atom. The molecular weight excluding hydrogens is 226 g/mol. The predicted octanol–water partition coefficient (Wildman–Crippen LogP) is 2.58. The highest BCUT2D eigenvalue weighted by atomic mass is 16.5. The Kier molecular flexibility index (Phi) is 3.75. The van der Waals surface area contributed by atoms with Crippen LogP contribution in [0.25, 0.3) is 0 Å². The Morgan fingerprint density at radius 3 is 2.22 bits per heavy atom. The fourth-order valence-corrected chi connectivity index (χ4v) is 1.74. The van der Waals surface area contributed by atoms with Gasteiger partial charge in [-0.15, -0.1) is 0 Å². The second-order valence-electron chi connectivity index (χ2n) is 3.98. The monoisotopic (exact) mass is 241 g/mol. The fourth-order valence-electron chi connectivity index (χ4n) is 1.74. The van der Waals surface area contributed by atoms with Crippen LogP contribution >= 0.6 is 0 Å². The number of hydrogen-bond acceptors (Lipinski definition) is 3. The van der Waals surface area contributed by atoms with Crippen LogP contribution in [0.1, 0.15) is 22.0 Å². The van der Waals surface area contributed by atoms with Gasteiger partial charge in [-0.2, -0.15) is 0 Å². The van der Waals surface area contributed by atoms with Gasteiger partial charge in [-0.3, -0.25) is 4.79 Å². The zero-order valence-corrected chi connectivity index (χ0v) is 10.2. The van der Waals surface area contributed by atoms with E-state index in [1.807, 2.05) is 30.3 Å². The second kappa shape index (κ2) is 5.47. The van der Waals surface area contributed by atoms with Crippen molar-refractivity contribution >= 4 is 5.78 Å². The summed E-state index contributed by atoms with van der Waals surface area (Å²) in [4.78, 5) is 12.1. The number of carbonyl (C=O) groups is 1. The molecule has 0 radical (unpaired) electrons. The van der Waals surface area contributed by atoms with E-state index in [4.69, 9.17) is 10.5 Å². The molecule has 0 aliphatic carbocycles. The van der Waals surface area contributed by atoms with Gasteiger partial charge in [-0.25, -0.2) is 0 Å².